The van der Waals surface area contributed by atoms with Crippen LogP contribution in [0.2, 0.25) is 0 Å². The molecule has 114 valence electrons. The molecule has 1 atom stereocenters. The van der Waals surface area contributed by atoms with Crippen LogP contribution in [0.4, 0.5) is 0 Å². The molecular formula is C15H26N2O3. The second-order valence-corrected chi connectivity index (χ2v) is 5.02. The molecule has 1 heterocycles. The predicted molar refractivity (Wildman–Crippen MR) is 79.0 cm³/mol. The molecule has 20 heavy (non-hydrogen) atoms. The molecule has 0 radical (unpaired) electrons. The van der Waals surface area contributed by atoms with Crippen LogP contribution in [0.3, 0.4) is 0 Å². The van der Waals surface area contributed by atoms with Gasteiger partial charge in [-0.25, -0.2) is 4.79 Å². The first kappa shape index (κ1) is 16.7. The van der Waals surface area contributed by atoms with E-state index in [1.807, 2.05) is 0 Å². The van der Waals surface area contributed by atoms with Gasteiger partial charge in [0.25, 0.3) is 0 Å². The van der Waals surface area contributed by atoms with Crippen molar-refractivity contribution >= 4 is 5.97 Å². The van der Waals surface area contributed by atoms with Crippen LogP contribution in [0, 0.1) is 0 Å². The third-order valence-corrected chi connectivity index (χ3v) is 3.50. The maximum atomic E-state index is 10.7. The lowest BCUT2D eigenvalue weighted by molar-refractivity contribution is 0.0660. The van der Waals surface area contributed by atoms with Gasteiger partial charge in [-0.2, -0.15) is 0 Å². The molecule has 0 aliphatic heterocycles. The molecule has 0 saturated heterocycles. The molecule has 0 amide bonds. The van der Waals surface area contributed by atoms with Crippen LogP contribution in [0.5, 0.6) is 0 Å². The van der Waals surface area contributed by atoms with E-state index in [1.54, 1.807) is 6.07 Å². The van der Waals surface area contributed by atoms with Crippen molar-refractivity contribution in [1.29, 1.82) is 0 Å². The highest BCUT2D eigenvalue weighted by molar-refractivity contribution is 5.84. The van der Waals surface area contributed by atoms with Crippen LogP contribution in [-0.4, -0.2) is 41.7 Å². The number of carboxylic acids is 1. The number of nitrogens with one attached hydrogen (secondary N) is 1. The van der Waals surface area contributed by atoms with Gasteiger partial charge in [-0.05, 0) is 51.5 Å². The van der Waals surface area contributed by atoms with E-state index >= 15 is 0 Å². The molecule has 0 aliphatic carbocycles. The summed E-state index contributed by atoms with van der Waals surface area (Å²) in [6.07, 6.45) is 2.26. The van der Waals surface area contributed by atoms with E-state index in [4.69, 9.17) is 9.52 Å². The Morgan fingerprint density at radius 2 is 2.10 bits per heavy atom. The second kappa shape index (κ2) is 8.76. The fourth-order valence-electron chi connectivity index (χ4n) is 2.13. The lowest BCUT2D eigenvalue weighted by atomic mass is 10.1. The van der Waals surface area contributed by atoms with Crippen molar-refractivity contribution in [2.75, 3.05) is 19.6 Å². The molecule has 1 rings (SSSR count). The molecule has 1 aromatic heterocycles. The van der Waals surface area contributed by atoms with Crippen molar-refractivity contribution in [1.82, 2.24) is 10.2 Å². The summed E-state index contributed by atoms with van der Waals surface area (Å²) in [6, 6.07) is 3.59. The highest BCUT2D eigenvalue weighted by Crippen LogP contribution is 2.08. The minimum atomic E-state index is -1.02. The van der Waals surface area contributed by atoms with E-state index in [9.17, 15) is 4.79 Å². The zero-order valence-corrected chi connectivity index (χ0v) is 12.7. The normalized spacial score (nSPS) is 12.8. The fourth-order valence-corrected chi connectivity index (χ4v) is 2.13. The minimum absolute atomic E-state index is 0.00372. The molecule has 0 spiro atoms. The largest absolute Gasteiger partial charge is 0.475 e. The first-order valence-corrected chi connectivity index (χ1v) is 7.34. The van der Waals surface area contributed by atoms with Crippen LogP contribution >= 0.6 is 0 Å². The summed E-state index contributed by atoms with van der Waals surface area (Å²) in [5.41, 5.74) is 0. The van der Waals surface area contributed by atoms with Crippen LogP contribution in [0.25, 0.3) is 0 Å². The van der Waals surface area contributed by atoms with Gasteiger partial charge in [0, 0.05) is 6.04 Å². The fraction of sp³-hybridized carbons (Fsp3) is 0.667. The maximum Gasteiger partial charge on any atom is 0.371 e. The SMILES string of the molecule is CCN(CC)CCCC(C)NCc1ccc(C(=O)O)o1. The third kappa shape index (κ3) is 5.75. The number of aromatic carboxylic acids is 1. The van der Waals surface area contributed by atoms with Gasteiger partial charge >= 0.3 is 5.97 Å². The molecule has 0 aliphatic rings. The summed E-state index contributed by atoms with van der Waals surface area (Å²) in [5, 5.41) is 12.1. The molecule has 5 nitrogen and oxygen atoms in total. The van der Waals surface area contributed by atoms with Crippen LogP contribution in [0.15, 0.2) is 16.5 Å². The number of hydrogen-bond donors (Lipinski definition) is 2. The second-order valence-electron chi connectivity index (χ2n) is 5.02. The summed E-state index contributed by atoms with van der Waals surface area (Å²) >= 11 is 0. The Hall–Kier alpha value is -1.33. The highest BCUT2D eigenvalue weighted by atomic mass is 16.4. The van der Waals surface area contributed by atoms with Crippen molar-refractivity contribution in [2.24, 2.45) is 0 Å². The summed E-state index contributed by atoms with van der Waals surface area (Å²) in [7, 11) is 0. The molecule has 0 fully saturated rings. The van der Waals surface area contributed by atoms with Crippen molar-refractivity contribution in [2.45, 2.75) is 46.2 Å². The van der Waals surface area contributed by atoms with E-state index < -0.39 is 5.97 Å². The van der Waals surface area contributed by atoms with Gasteiger partial charge in [-0.15, -0.1) is 0 Å². The first-order valence-electron chi connectivity index (χ1n) is 7.34. The Morgan fingerprint density at radius 1 is 1.40 bits per heavy atom. The zero-order valence-electron chi connectivity index (χ0n) is 12.7. The number of hydrogen-bond acceptors (Lipinski definition) is 4. The van der Waals surface area contributed by atoms with E-state index in [1.165, 1.54) is 6.07 Å². The van der Waals surface area contributed by atoms with Gasteiger partial charge in [-0.1, -0.05) is 13.8 Å². The van der Waals surface area contributed by atoms with Crippen molar-refractivity contribution < 1.29 is 14.3 Å². The number of nitrogens with zero attached hydrogens (tertiary/aromatic N) is 1. The molecule has 5 heteroatoms. The Bertz CT molecular complexity index is 400. The van der Waals surface area contributed by atoms with E-state index in [2.05, 4.69) is 31.0 Å². The Balaban J connectivity index is 2.22. The van der Waals surface area contributed by atoms with Crippen LogP contribution < -0.4 is 5.32 Å². The Morgan fingerprint density at radius 3 is 2.65 bits per heavy atom. The third-order valence-electron chi connectivity index (χ3n) is 3.50. The van der Waals surface area contributed by atoms with Gasteiger partial charge in [0.2, 0.25) is 5.76 Å². The molecule has 0 saturated carbocycles. The van der Waals surface area contributed by atoms with Crippen LogP contribution in [0.1, 0.15) is 49.9 Å². The molecule has 0 aromatic carbocycles. The summed E-state index contributed by atoms with van der Waals surface area (Å²) in [5.74, 6) is -0.363. The smallest absolute Gasteiger partial charge is 0.371 e. The van der Waals surface area contributed by atoms with Crippen molar-refractivity contribution in [3.63, 3.8) is 0 Å². The van der Waals surface area contributed by atoms with Gasteiger partial charge < -0.3 is 19.7 Å². The predicted octanol–water partition coefficient (Wildman–Crippen LogP) is 2.58. The standard InChI is InChI=1S/C15H26N2O3/c1-4-17(5-2)10-6-7-12(3)16-11-13-8-9-14(20-13)15(18)19/h8-9,12,16H,4-7,10-11H2,1-3H3,(H,18,19). The topological polar surface area (TPSA) is 65.7 Å². The number of carbonyl (C=O) groups is 1. The molecule has 0 bridgehead atoms. The quantitative estimate of drug-likeness (QED) is 0.690. The number of rotatable bonds is 10. The molecule has 1 unspecified atom stereocenters. The average molecular weight is 282 g/mol. The lowest BCUT2D eigenvalue weighted by Gasteiger charge is -2.19. The number of carboxylic acid groups (broad SMARTS) is 1. The molecular weight excluding hydrogens is 256 g/mol. The van der Waals surface area contributed by atoms with Crippen LogP contribution in [-0.2, 0) is 6.54 Å². The van der Waals surface area contributed by atoms with Gasteiger partial charge in [0.15, 0.2) is 0 Å². The molecule has 2 N–H and O–H groups in total. The zero-order chi connectivity index (χ0) is 15.0. The molecule has 1 aromatic rings. The Kier molecular flexibility index (Phi) is 7.33. The summed E-state index contributed by atoms with van der Waals surface area (Å²) < 4.78 is 5.20. The van der Waals surface area contributed by atoms with Crippen molar-refractivity contribution in [3.05, 3.63) is 23.7 Å². The Labute approximate surface area is 121 Å². The van der Waals surface area contributed by atoms with E-state index in [0.717, 1.165) is 32.5 Å². The minimum Gasteiger partial charge on any atom is -0.475 e. The van der Waals surface area contributed by atoms with Crippen molar-refractivity contribution in [3.8, 4) is 0 Å². The summed E-state index contributed by atoms with van der Waals surface area (Å²) in [4.78, 5) is 13.1. The van der Waals surface area contributed by atoms with Gasteiger partial charge in [-0.3, -0.25) is 0 Å². The monoisotopic (exact) mass is 282 g/mol. The average Bonchev–Trinajstić information content (AvgIpc) is 2.90. The van der Waals surface area contributed by atoms with E-state index in [-0.39, 0.29) is 5.76 Å². The van der Waals surface area contributed by atoms with Gasteiger partial charge in [0.1, 0.15) is 5.76 Å². The first-order chi connectivity index (χ1) is 9.56. The maximum absolute atomic E-state index is 10.7. The number of furan rings is 1. The highest BCUT2D eigenvalue weighted by Gasteiger charge is 2.09. The van der Waals surface area contributed by atoms with E-state index in [0.29, 0.717) is 18.3 Å². The lowest BCUT2D eigenvalue weighted by Crippen LogP contribution is -2.28. The summed E-state index contributed by atoms with van der Waals surface area (Å²) in [6.45, 7) is 10.4. The van der Waals surface area contributed by atoms with Gasteiger partial charge in [0.05, 0.1) is 6.54 Å².